The predicted octanol–water partition coefficient (Wildman–Crippen LogP) is 4.05. The molecule has 0 saturated heterocycles. The van der Waals surface area contributed by atoms with Crippen LogP contribution < -0.4 is 4.74 Å². The molecule has 0 heterocycles. The summed E-state index contributed by atoms with van der Waals surface area (Å²) in [6, 6.07) is 8.37. The minimum atomic E-state index is -1.09. The van der Waals surface area contributed by atoms with Crippen molar-refractivity contribution in [3.63, 3.8) is 0 Å². The molecule has 0 aliphatic carbocycles. The second kappa shape index (κ2) is 5.80. The van der Waals surface area contributed by atoms with Crippen molar-refractivity contribution in [2.45, 2.75) is 6.92 Å². The van der Waals surface area contributed by atoms with Crippen LogP contribution in [0.2, 0.25) is 5.02 Å². The fourth-order valence-electron chi connectivity index (χ4n) is 1.74. The van der Waals surface area contributed by atoms with Crippen molar-refractivity contribution in [1.82, 2.24) is 0 Å². The van der Waals surface area contributed by atoms with E-state index in [0.29, 0.717) is 11.3 Å². The van der Waals surface area contributed by atoms with Crippen LogP contribution in [-0.2, 0) is 0 Å². The van der Waals surface area contributed by atoms with E-state index in [1.54, 1.807) is 6.92 Å². The minimum Gasteiger partial charge on any atom is -0.478 e. The van der Waals surface area contributed by atoms with Crippen LogP contribution in [0.1, 0.15) is 15.9 Å². The van der Waals surface area contributed by atoms with E-state index in [2.05, 4.69) is 0 Å². The molecule has 0 unspecified atom stereocenters. The van der Waals surface area contributed by atoms with Gasteiger partial charge in [-0.15, -0.1) is 0 Å². The topological polar surface area (TPSA) is 89.7 Å². The Kier molecular flexibility index (Phi) is 4.09. The molecule has 0 aromatic heterocycles. The van der Waals surface area contributed by atoms with Crippen LogP contribution in [-0.4, -0.2) is 16.0 Å². The molecule has 0 spiro atoms. The van der Waals surface area contributed by atoms with Gasteiger partial charge in [0.1, 0.15) is 11.5 Å². The molecule has 21 heavy (non-hydrogen) atoms. The van der Waals surface area contributed by atoms with Crippen LogP contribution in [0, 0.1) is 17.0 Å². The number of hydrogen-bond acceptors (Lipinski definition) is 4. The summed E-state index contributed by atoms with van der Waals surface area (Å²) in [5.41, 5.74) is 0.498. The molecule has 0 bridgehead atoms. The Morgan fingerprint density at radius 3 is 2.52 bits per heavy atom. The zero-order chi connectivity index (χ0) is 15.6. The van der Waals surface area contributed by atoms with Crippen LogP contribution in [0.15, 0.2) is 36.4 Å². The largest absolute Gasteiger partial charge is 0.478 e. The molecule has 6 nitrogen and oxygen atoms in total. The number of carboxylic acids is 1. The lowest BCUT2D eigenvalue weighted by Crippen LogP contribution is -1.96. The lowest BCUT2D eigenvalue weighted by molar-refractivity contribution is -0.385. The molecule has 108 valence electrons. The molecule has 0 aliphatic heterocycles. The van der Waals surface area contributed by atoms with Crippen molar-refractivity contribution in [1.29, 1.82) is 0 Å². The highest BCUT2D eigenvalue weighted by atomic mass is 35.5. The van der Waals surface area contributed by atoms with Crippen molar-refractivity contribution in [2.75, 3.05) is 0 Å². The van der Waals surface area contributed by atoms with Crippen molar-refractivity contribution in [3.8, 4) is 11.5 Å². The number of carboxylic acid groups (broad SMARTS) is 1. The van der Waals surface area contributed by atoms with Gasteiger partial charge in [0, 0.05) is 11.6 Å². The fourth-order valence-corrected chi connectivity index (χ4v) is 1.96. The van der Waals surface area contributed by atoms with Gasteiger partial charge in [-0.2, -0.15) is 0 Å². The SMILES string of the molecule is Cc1cc(Oc2ccc(C(=O)O)cc2Cl)ccc1[N+](=O)[O-]. The highest BCUT2D eigenvalue weighted by molar-refractivity contribution is 6.32. The number of rotatable bonds is 4. The normalized spacial score (nSPS) is 10.2. The maximum atomic E-state index is 10.8. The molecule has 2 aromatic carbocycles. The lowest BCUT2D eigenvalue weighted by atomic mass is 10.2. The smallest absolute Gasteiger partial charge is 0.335 e. The Bertz CT molecular complexity index is 729. The van der Waals surface area contributed by atoms with Gasteiger partial charge < -0.3 is 9.84 Å². The van der Waals surface area contributed by atoms with E-state index in [0.717, 1.165) is 0 Å². The Morgan fingerprint density at radius 2 is 2.00 bits per heavy atom. The molecule has 2 rings (SSSR count). The van der Waals surface area contributed by atoms with Gasteiger partial charge >= 0.3 is 5.97 Å². The number of nitrogens with zero attached hydrogens (tertiary/aromatic N) is 1. The zero-order valence-corrected chi connectivity index (χ0v) is 11.6. The van der Waals surface area contributed by atoms with Crippen molar-refractivity contribution >= 4 is 23.3 Å². The van der Waals surface area contributed by atoms with Crippen LogP contribution in [0.5, 0.6) is 11.5 Å². The van der Waals surface area contributed by atoms with Gasteiger partial charge in [0.25, 0.3) is 5.69 Å². The number of benzene rings is 2. The van der Waals surface area contributed by atoms with Crippen molar-refractivity contribution < 1.29 is 19.6 Å². The van der Waals surface area contributed by atoms with Gasteiger partial charge in [-0.3, -0.25) is 10.1 Å². The number of hydrogen-bond donors (Lipinski definition) is 1. The van der Waals surface area contributed by atoms with Crippen LogP contribution >= 0.6 is 11.6 Å². The average Bonchev–Trinajstić information content (AvgIpc) is 2.40. The highest BCUT2D eigenvalue weighted by Crippen LogP contribution is 2.32. The van der Waals surface area contributed by atoms with Gasteiger partial charge in [-0.05, 0) is 37.3 Å². The summed E-state index contributed by atoms with van der Waals surface area (Å²) in [5, 5.41) is 19.7. The lowest BCUT2D eigenvalue weighted by Gasteiger charge is -2.09. The molecule has 0 fully saturated rings. The van der Waals surface area contributed by atoms with E-state index in [4.69, 9.17) is 21.4 Å². The number of nitro benzene ring substituents is 1. The Morgan fingerprint density at radius 1 is 1.29 bits per heavy atom. The zero-order valence-electron chi connectivity index (χ0n) is 10.9. The van der Waals surface area contributed by atoms with Crippen LogP contribution in [0.4, 0.5) is 5.69 Å². The summed E-state index contributed by atoms with van der Waals surface area (Å²) >= 11 is 5.95. The number of halogens is 1. The molecule has 0 aliphatic rings. The van der Waals surface area contributed by atoms with E-state index in [9.17, 15) is 14.9 Å². The van der Waals surface area contributed by atoms with Gasteiger partial charge in [0.2, 0.25) is 0 Å². The summed E-state index contributed by atoms with van der Waals surface area (Å²) in [5.74, 6) is -0.437. The summed E-state index contributed by atoms with van der Waals surface area (Å²) in [6.07, 6.45) is 0. The first-order chi connectivity index (χ1) is 9.88. The molecule has 1 N–H and O–H groups in total. The third kappa shape index (κ3) is 3.29. The van der Waals surface area contributed by atoms with Crippen molar-refractivity contribution in [2.24, 2.45) is 0 Å². The molecule has 0 atom stereocenters. The highest BCUT2D eigenvalue weighted by Gasteiger charge is 2.13. The van der Waals surface area contributed by atoms with Gasteiger partial charge in [-0.25, -0.2) is 4.79 Å². The first kappa shape index (κ1) is 14.8. The summed E-state index contributed by atoms with van der Waals surface area (Å²) in [7, 11) is 0. The number of nitro groups is 1. The third-order valence-corrected chi connectivity index (χ3v) is 3.07. The Labute approximate surface area is 124 Å². The average molecular weight is 308 g/mol. The maximum Gasteiger partial charge on any atom is 0.335 e. The Balaban J connectivity index is 2.28. The molecular formula is C14H10ClNO5. The number of ether oxygens (including phenoxy) is 1. The summed E-state index contributed by atoms with van der Waals surface area (Å²) in [4.78, 5) is 21.1. The number of aromatic carboxylic acids is 1. The molecule has 0 radical (unpaired) electrons. The van der Waals surface area contributed by atoms with Crippen LogP contribution in [0.3, 0.4) is 0 Å². The van der Waals surface area contributed by atoms with Gasteiger partial charge in [0.05, 0.1) is 15.5 Å². The molecule has 2 aromatic rings. The fraction of sp³-hybridized carbons (Fsp3) is 0.0714. The monoisotopic (exact) mass is 307 g/mol. The quantitative estimate of drug-likeness (QED) is 0.680. The van der Waals surface area contributed by atoms with Crippen LogP contribution in [0.25, 0.3) is 0 Å². The summed E-state index contributed by atoms with van der Waals surface area (Å²) in [6.45, 7) is 1.60. The molecule has 7 heteroatoms. The van der Waals surface area contributed by atoms with Crippen molar-refractivity contribution in [3.05, 3.63) is 62.7 Å². The van der Waals surface area contributed by atoms with Gasteiger partial charge in [-0.1, -0.05) is 11.6 Å². The number of aryl methyl sites for hydroxylation is 1. The van der Waals surface area contributed by atoms with E-state index >= 15 is 0 Å². The number of carbonyl (C=O) groups is 1. The maximum absolute atomic E-state index is 10.8. The second-order valence-corrected chi connectivity index (χ2v) is 4.67. The third-order valence-electron chi connectivity index (χ3n) is 2.77. The first-order valence-electron chi connectivity index (χ1n) is 5.84. The van der Waals surface area contributed by atoms with E-state index < -0.39 is 10.9 Å². The second-order valence-electron chi connectivity index (χ2n) is 4.26. The molecular weight excluding hydrogens is 298 g/mol. The van der Waals surface area contributed by atoms with E-state index in [1.165, 1.54) is 36.4 Å². The Hall–Kier alpha value is -2.60. The predicted molar refractivity (Wildman–Crippen MR) is 76.3 cm³/mol. The molecule has 0 saturated carbocycles. The van der Waals surface area contributed by atoms with Gasteiger partial charge in [0.15, 0.2) is 0 Å². The summed E-state index contributed by atoms with van der Waals surface area (Å²) < 4.78 is 5.51. The van der Waals surface area contributed by atoms with E-state index in [-0.39, 0.29) is 22.0 Å². The first-order valence-corrected chi connectivity index (χ1v) is 6.22. The van der Waals surface area contributed by atoms with E-state index in [1.807, 2.05) is 0 Å². The minimum absolute atomic E-state index is 0.00493. The molecule has 0 amide bonds. The standard InChI is InChI=1S/C14H10ClNO5/c1-8-6-10(3-4-12(8)16(19)20)21-13-5-2-9(14(17)18)7-11(13)15/h2-7H,1H3,(H,17,18).